The smallest absolute Gasteiger partial charge is 0.226 e. The summed E-state index contributed by atoms with van der Waals surface area (Å²) in [5, 5.41) is 8.49. The number of carbonyl (C=O) groups excluding carboxylic acids is 1. The van der Waals surface area contributed by atoms with Crippen molar-refractivity contribution in [2.45, 2.75) is 33.6 Å². The van der Waals surface area contributed by atoms with Crippen molar-refractivity contribution in [3.8, 4) is 0 Å². The Bertz CT molecular complexity index is 605. The Morgan fingerprint density at radius 1 is 1.14 bits per heavy atom. The molecule has 0 fully saturated rings. The van der Waals surface area contributed by atoms with Crippen LogP contribution >= 0.6 is 11.3 Å². The van der Waals surface area contributed by atoms with Gasteiger partial charge in [0.25, 0.3) is 0 Å². The number of aromatic nitrogens is 3. The zero-order valence-electron chi connectivity index (χ0n) is 12.4. The monoisotopic (exact) mass is 305 g/mol. The maximum absolute atomic E-state index is 11.7. The Kier molecular flexibility index (Phi) is 5.21. The van der Waals surface area contributed by atoms with E-state index in [9.17, 15) is 4.79 Å². The molecule has 2 aromatic heterocycles. The van der Waals surface area contributed by atoms with Gasteiger partial charge in [-0.1, -0.05) is 0 Å². The third-order valence-electron chi connectivity index (χ3n) is 2.71. The minimum Gasteiger partial charge on any atom is -0.354 e. The maximum Gasteiger partial charge on any atom is 0.226 e. The first-order chi connectivity index (χ1) is 10.0. The molecule has 0 unspecified atom stereocenters. The van der Waals surface area contributed by atoms with E-state index in [2.05, 4.69) is 25.6 Å². The zero-order chi connectivity index (χ0) is 15.2. The molecule has 6 nitrogen and oxygen atoms in total. The Hall–Kier alpha value is -2.02. The van der Waals surface area contributed by atoms with Crippen molar-refractivity contribution >= 4 is 28.3 Å². The van der Waals surface area contributed by atoms with E-state index in [0.717, 1.165) is 17.1 Å². The van der Waals surface area contributed by atoms with Crippen molar-refractivity contribution in [1.29, 1.82) is 0 Å². The van der Waals surface area contributed by atoms with E-state index in [1.165, 1.54) is 11.3 Å². The van der Waals surface area contributed by atoms with E-state index in [4.69, 9.17) is 0 Å². The molecule has 0 spiro atoms. The number of nitrogens with zero attached hydrogens (tertiary/aromatic N) is 3. The summed E-state index contributed by atoms with van der Waals surface area (Å²) in [5.41, 5.74) is 2.78. The number of hydrogen-bond donors (Lipinski definition) is 2. The van der Waals surface area contributed by atoms with Crippen LogP contribution in [0, 0.1) is 20.8 Å². The minimum atomic E-state index is -0.0208. The van der Waals surface area contributed by atoms with E-state index < -0.39 is 0 Å². The van der Waals surface area contributed by atoms with Gasteiger partial charge >= 0.3 is 0 Å². The molecule has 0 aliphatic carbocycles. The molecule has 21 heavy (non-hydrogen) atoms. The molecule has 0 bridgehead atoms. The van der Waals surface area contributed by atoms with Crippen LogP contribution in [-0.2, 0) is 4.79 Å². The van der Waals surface area contributed by atoms with Crippen molar-refractivity contribution < 1.29 is 4.79 Å². The molecule has 2 N–H and O–H groups in total. The van der Waals surface area contributed by atoms with E-state index in [1.807, 2.05) is 32.2 Å². The first kappa shape index (κ1) is 15.4. The van der Waals surface area contributed by atoms with Crippen molar-refractivity contribution in [1.82, 2.24) is 15.0 Å². The molecule has 2 rings (SSSR count). The van der Waals surface area contributed by atoms with Crippen LogP contribution in [0.25, 0.3) is 0 Å². The van der Waals surface area contributed by atoms with E-state index in [0.29, 0.717) is 30.5 Å². The normalized spacial score (nSPS) is 10.4. The molecular weight excluding hydrogens is 286 g/mol. The number of thiazole rings is 1. The lowest BCUT2D eigenvalue weighted by atomic mass is 10.3. The molecule has 0 atom stereocenters. The quantitative estimate of drug-likeness (QED) is 0.802. The Morgan fingerprint density at radius 3 is 2.48 bits per heavy atom. The fourth-order valence-electron chi connectivity index (χ4n) is 1.85. The summed E-state index contributed by atoms with van der Waals surface area (Å²) in [6, 6.07) is 1.93. The molecule has 1 amide bonds. The highest BCUT2D eigenvalue weighted by Crippen LogP contribution is 2.14. The molecule has 0 aromatic carbocycles. The van der Waals surface area contributed by atoms with Gasteiger partial charge in [-0.3, -0.25) is 4.79 Å². The third kappa shape index (κ3) is 5.11. The molecule has 0 aliphatic rings. The van der Waals surface area contributed by atoms with Gasteiger partial charge in [-0.25, -0.2) is 15.0 Å². The average molecular weight is 305 g/mol. The summed E-state index contributed by atoms with van der Waals surface area (Å²) in [4.78, 5) is 24.5. The predicted molar refractivity (Wildman–Crippen MR) is 84.7 cm³/mol. The standard InChI is InChI=1S/C14H19N5OS/c1-9-7-10(2)17-13(16-9)15-6-4-5-12(20)19-14-18-11(3)8-21-14/h7-8H,4-6H2,1-3H3,(H,15,16,17)(H,18,19,20). The molecule has 2 aromatic rings. The van der Waals surface area contributed by atoms with Gasteiger partial charge in [0.15, 0.2) is 5.13 Å². The zero-order valence-corrected chi connectivity index (χ0v) is 13.3. The number of aryl methyl sites for hydroxylation is 3. The van der Waals surface area contributed by atoms with Gasteiger partial charge in [-0.15, -0.1) is 11.3 Å². The highest BCUT2D eigenvalue weighted by molar-refractivity contribution is 7.13. The third-order valence-corrected chi connectivity index (χ3v) is 3.59. The molecule has 112 valence electrons. The maximum atomic E-state index is 11.7. The second kappa shape index (κ2) is 7.12. The summed E-state index contributed by atoms with van der Waals surface area (Å²) in [6.07, 6.45) is 1.16. The minimum absolute atomic E-state index is 0.0208. The molecule has 0 saturated heterocycles. The average Bonchev–Trinajstić information content (AvgIpc) is 2.79. The van der Waals surface area contributed by atoms with Gasteiger partial charge < -0.3 is 10.6 Å². The lowest BCUT2D eigenvalue weighted by Crippen LogP contribution is -2.14. The summed E-state index contributed by atoms with van der Waals surface area (Å²) < 4.78 is 0. The fraction of sp³-hybridized carbons (Fsp3) is 0.429. The van der Waals surface area contributed by atoms with E-state index >= 15 is 0 Å². The molecule has 7 heteroatoms. The van der Waals surface area contributed by atoms with Crippen molar-refractivity contribution in [3.63, 3.8) is 0 Å². The number of amides is 1. The highest BCUT2D eigenvalue weighted by atomic mass is 32.1. The second-order valence-corrected chi connectivity index (χ2v) is 5.70. The number of rotatable bonds is 6. The molecule has 2 heterocycles. The van der Waals surface area contributed by atoms with Crippen LogP contribution in [0.3, 0.4) is 0 Å². The lowest BCUT2D eigenvalue weighted by molar-refractivity contribution is -0.116. The number of nitrogens with one attached hydrogen (secondary N) is 2. The predicted octanol–water partition coefficient (Wildman–Crippen LogP) is 2.69. The summed E-state index contributed by atoms with van der Waals surface area (Å²) in [7, 11) is 0. The lowest BCUT2D eigenvalue weighted by Gasteiger charge is -2.06. The van der Waals surface area contributed by atoms with Crippen molar-refractivity contribution in [2.24, 2.45) is 0 Å². The van der Waals surface area contributed by atoms with Crippen molar-refractivity contribution in [3.05, 3.63) is 28.5 Å². The van der Waals surface area contributed by atoms with Crippen LogP contribution in [0.15, 0.2) is 11.4 Å². The van der Waals surface area contributed by atoms with Gasteiger partial charge in [-0.2, -0.15) is 0 Å². The molecular formula is C14H19N5OS. The van der Waals surface area contributed by atoms with Gasteiger partial charge in [0.1, 0.15) is 0 Å². The van der Waals surface area contributed by atoms with Crippen LogP contribution in [0.1, 0.15) is 29.9 Å². The van der Waals surface area contributed by atoms with Crippen LogP contribution in [0.5, 0.6) is 0 Å². The summed E-state index contributed by atoms with van der Waals surface area (Å²) >= 11 is 1.44. The topological polar surface area (TPSA) is 79.8 Å². The summed E-state index contributed by atoms with van der Waals surface area (Å²) in [6.45, 7) is 6.43. The number of carbonyl (C=O) groups is 1. The van der Waals surface area contributed by atoms with Crippen molar-refractivity contribution in [2.75, 3.05) is 17.2 Å². The van der Waals surface area contributed by atoms with Crippen LogP contribution in [-0.4, -0.2) is 27.4 Å². The first-order valence-corrected chi connectivity index (χ1v) is 7.69. The highest BCUT2D eigenvalue weighted by Gasteiger charge is 2.05. The summed E-state index contributed by atoms with van der Waals surface area (Å²) in [5.74, 6) is 0.593. The SMILES string of the molecule is Cc1cc(C)nc(NCCCC(=O)Nc2nc(C)cs2)n1. The van der Waals surface area contributed by atoms with Gasteiger partial charge in [0, 0.05) is 29.7 Å². The number of hydrogen-bond acceptors (Lipinski definition) is 6. The fourth-order valence-corrected chi connectivity index (χ4v) is 2.55. The van der Waals surface area contributed by atoms with Crippen LogP contribution in [0.2, 0.25) is 0 Å². The van der Waals surface area contributed by atoms with Gasteiger partial charge in [-0.05, 0) is 33.3 Å². The molecule has 0 saturated carbocycles. The molecule has 0 aliphatic heterocycles. The number of anilines is 2. The first-order valence-electron chi connectivity index (χ1n) is 6.81. The Labute approximate surface area is 128 Å². The van der Waals surface area contributed by atoms with Gasteiger partial charge in [0.05, 0.1) is 5.69 Å². The molecule has 0 radical (unpaired) electrons. The largest absolute Gasteiger partial charge is 0.354 e. The van der Waals surface area contributed by atoms with Gasteiger partial charge in [0.2, 0.25) is 11.9 Å². The van der Waals surface area contributed by atoms with E-state index in [-0.39, 0.29) is 5.91 Å². The van der Waals surface area contributed by atoms with Crippen LogP contribution < -0.4 is 10.6 Å². The Morgan fingerprint density at radius 2 is 1.86 bits per heavy atom. The Balaban J connectivity index is 1.70. The van der Waals surface area contributed by atoms with Crippen LogP contribution in [0.4, 0.5) is 11.1 Å². The second-order valence-electron chi connectivity index (χ2n) is 4.85. The van der Waals surface area contributed by atoms with E-state index in [1.54, 1.807) is 0 Å².